The van der Waals surface area contributed by atoms with Crippen molar-refractivity contribution in [3.63, 3.8) is 0 Å². The number of phenolic OH excluding ortho intramolecular Hbond substituents is 1. The highest BCUT2D eigenvalue weighted by Crippen LogP contribution is 2.26. The maximum atomic E-state index is 11.7. The Labute approximate surface area is 134 Å². The van der Waals surface area contributed by atoms with Gasteiger partial charge in [-0.25, -0.2) is 5.43 Å². The summed E-state index contributed by atoms with van der Waals surface area (Å²) < 4.78 is 10.8. The number of carbonyl (C=O) groups excluding carboxylic acids is 1. The van der Waals surface area contributed by atoms with Crippen molar-refractivity contribution in [2.45, 2.75) is 6.92 Å². The fourth-order valence-corrected chi connectivity index (χ4v) is 1.80. The summed E-state index contributed by atoms with van der Waals surface area (Å²) in [5.74, 6) is 0.830. The highest BCUT2D eigenvalue weighted by molar-refractivity contribution is 5.83. The van der Waals surface area contributed by atoms with Gasteiger partial charge in [-0.1, -0.05) is 24.3 Å². The van der Waals surface area contributed by atoms with Crippen LogP contribution >= 0.6 is 0 Å². The SMILES string of the molecule is CCOc1ccccc1OCC(=O)N/N=C/c1cccc(O)c1. The molecule has 6 nitrogen and oxygen atoms in total. The van der Waals surface area contributed by atoms with Gasteiger partial charge in [-0.2, -0.15) is 5.10 Å². The van der Waals surface area contributed by atoms with Crippen LogP contribution in [0.3, 0.4) is 0 Å². The van der Waals surface area contributed by atoms with Gasteiger partial charge in [-0.05, 0) is 36.8 Å². The van der Waals surface area contributed by atoms with Crippen LogP contribution in [0.25, 0.3) is 0 Å². The van der Waals surface area contributed by atoms with E-state index in [4.69, 9.17) is 9.47 Å². The van der Waals surface area contributed by atoms with Gasteiger partial charge in [0.15, 0.2) is 18.1 Å². The molecule has 0 saturated heterocycles. The minimum atomic E-state index is -0.396. The van der Waals surface area contributed by atoms with Crippen LogP contribution in [-0.2, 0) is 4.79 Å². The monoisotopic (exact) mass is 314 g/mol. The molecule has 2 aromatic carbocycles. The quantitative estimate of drug-likeness (QED) is 0.607. The summed E-state index contributed by atoms with van der Waals surface area (Å²) in [6, 6.07) is 13.7. The lowest BCUT2D eigenvalue weighted by molar-refractivity contribution is -0.123. The summed E-state index contributed by atoms with van der Waals surface area (Å²) in [5.41, 5.74) is 3.03. The van der Waals surface area contributed by atoms with E-state index in [2.05, 4.69) is 10.5 Å². The number of hydrogen-bond donors (Lipinski definition) is 2. The summed E-state index contributed by atoms with van der Waals surface area (Å²) in [6.45, 7) is 2.21. The lowest BCUT2D eigenvalue weighted by Gasteiger charge is -2.10. The molecule has 0 aliphatic carbocycles. The van der Waals surface area contributed by atoms with Crippen molar-refractivity contribution in [1.29, 1.82) is 0 Å². The Morgan fingerprint density at radius 2 is 1.91 bits per heavy atom. The second-order valence-electron chi connectivity index (χ2n) is 4.56. The topological polar surface area (TPSA) is 80.2 Å². The molecular formula is C17H18N2O4. The number of nitrogens with one attached hydrogen (secondary N) is 1. The third-order valence-electron chi connectivity index (χ3n) is 2.78. The molecule has 0 aliphatic heterocycles. The Hall–Kier alpha value is -3.02. The van der Waals surface area contributed by atoms with Crippen LogP contribution in [0.15, 0.2) is 53.6 Å². The average molecular weight is 314 g/mol. The van der Waals surface area contributed by atoms with Gasteiger partial charge in [0.05, 0.1) is 12.8 Å². The Morgan fingerprint density at radius 1 is 1.17 bits per heavy atom. The molecule has 0 aliphatic rings. The van der Waals surface area contributed by atoms with E-state index in [1.807, 2.05) is 13.0 Å². The van der Waals surface area contributed by atoms with Gasteiger partial charge in [0.25, 0.3) is 5.91 Å². The first kappa shape index (κ1) is 16.4. The maximum absolute atomic E-state index is 11.7. The first-order valence-electron chi connectivity index (χ1n) is 7.14. The van der Waals surface area contributed by atoms with Gasteiger partial charge >= 0.3 is 0 Å². The summed E-state index contributed by atoms with van der Waals surface area (Å²) in [6.07, 6.45) is 1.44. The minimum absolute atomic E-state index is 0.135. The number of para-hydroxylation sites is 2. The van der Waals surface area contributed by atoms with Crippen LogP contribution in [0.1, 0.15) is 12.5 Å². The molecule has 1 amide bonds. The molecule has 120 valence electrons. The normalized spacial score (nSPS) is 10.5. The molecule has 0 radical (unpaired) electrons. The summed E-state index contributed by atoms with van der Waals surface area (Å²) in [4.78, 5) is 11.7. The summed E-state index contributed by atoms with van der Waals surface area (Å²) >= 11 is 0. The molecule has 0 saturated carbocycles. The Bertz CT molecular complexity index is 686. The number of nitrogens with zero attached hydrogens (tertiary/aromatic N) is 1. The van der Waals surface area contributed by atoms with Crippen molar-refractivity contribution in [1.82, 2.24) is 5.43 Å². The van der Waals surface area contributed by atoms with Crippen LogP contribution in [0.4, 0.5) is 0 Å². The molecule has 0 unspecified atom stereocenters. The molecule has 0 atom stereocenters. The molecule has 2 rings (SSSR count). The van der Waals surface area contributed by atoms with Crippen LogP contribution in [-0.4, -0.2) is 30.4 Å². The second kappa shape index (κ2) is 8.43. The number of benzene rings is 2. The zero-order valence-electron chi connectivity index (χ0n) is 12.7. The third kappa shape index (κ3) is 5.35. The number of phenols is 1. The number of carbonyl (C=O) groups is 1. The van der Waals surface area contributed by atoms with Crippen LogP contribution in [0.5, 0.6) is 17.2 Å². The Kier molecular flexibility index (Phi) is 5.99. The predicted octanol–water partition coefficient (Wildman–Crippen LogP) is 2.32. The molecular weight excluding hydrogens is 296 g/mol. The first-order valence-corrected chi connectivity index (χ1v) is 7.14. The van der Waals surface area contributed by atoms with E-state index in [0.29, 0.717) is 23.7 Å². The third-order valence-corrected chi connectivity index (χ3v) is 2.78. The van der Waals surface area contributed by atoms with E-state index >= 15 is 0 Å². The highest BCUT2D eigenvalue weighted by Gasteiger charge is 2.06. The molecule has 0 fully saturated rings. The number of hydrazone groups is 1. The van der Waals surface area contributed by atoms with Gasteiger partial charge in [-0.3, -0.25) is 4.79 Å². The van der Waals surface area contributed by atoms with Crippen molar-refractivity contribution in [3.05, 3.63) is 54.1 Å². The van der Waals surface area contributed by atoms with Crippen molar-refractivity contribution in [3.8, 4) is 17.2 Å². The van der Waals surface area contributed by atoms with Crippen LogP contribution in [0.2, 0.25) is 0 Å². The highest BCUT2D eigenvalue weighted by atomic mass is 16.5. The van der Waals surface area contributed by atoms with E-state index in [9.17, 15) is 9.90 Å². The van der Waals surface area contributed by atoms with E-state index in [1.54, 1.807) is 36.4 Å². The summed E-state index contributed by atoms with van der Waals surface area (Å²) in [5, 5.41) is 13.1. The average Bonchev–Trinajstić information content (AvgIpc) is 2.54. The fourth-order valence-electron chi connectivity index (χ4n) is 1.80. The number of ether oxygens (including phenoxy) is 2. The molecule has 0 aromatic heterocycles. The number of amides is 1. The molecule has 0 spiro atoms. The minimum Gasteiger partial charge on any atom is -0.508 e. The van der Waals surface area contributed by atoms with Crippen molar-refractivity contribution in [2.24, 2.45) is 5.10 Å². The number of aromatic hydroxyl groups is 1. The van der Waals surface area contributed by atoms with Crippen molar-refractivity contribution >= 4 is 12.1 Å². The zero-order chi connectivity index (χ0) is 16.5. The Morgan fingerprint density at radius 3 is 2.61 bits per heavy atom. The molecule has 2 N–H and O–H groups in total. The molecule has 6 heteroatoms. The smallest absolute Gasteiger partial charge is 0.277 e. The van der Waals surface area contributed by atoms with Crippen molar-refractivity contribution < 1.29 is 19.4 Å². The zero-order valence-corrected chi connectivity index (χ0v) is 12.7. The first-order chi connectivity index (χ1) is 11.2. The molecule has 0 heterocycles. The van der Waals surface area contributed by atoms with Crippen LogP contribution < -0.4 is 14.9 Å². The van der Waals surface area contributed by atoms with Crippen LogP contribution in [0, 0.1) is 0 Å². The lowest BCUT2D eigenvalue weighted by Crippen LogP contribution is -2.24. The number of rotatable bonds is 7. The predicted molar refractivity (Wildman–Crippen MR) is 86.9 cm³/mol. The van der Waals surface area contributed by atoms with Gasteiger partial charge in [0.2, 0.25) is 0 Å². The van der Waals surface area contributed by atoms with Gasteiger partial charge < -0.3 is 14.6 Å². The molecule has 23 heavy (non-hydrogen) atoms. The van der Waals surface area contributed by atoms with Gasteiger partial charge in [-0.15, -0.1) is 0 Å². The fraction of sp³-hybridized carbons (Fsp3) is 0.176. The number of hydrogen-bond acceptors (Lipinski definition) is 5. The molecule has 2 aromatic rings. The van der Waals surface area contributed by atoms with E-state index in [0.717, 1.165) is 0 Å². The van der Waals surface area contributed by atoms with E-state index in [-0.39, 0.29) is 12.4 Å². The second-order valence-corrected chi connectivity index (χ2v) is 4.56. The Balaban J connectivity index is 1.84. The van der Waals surface area contributed by atoms with E-state index < -0.39 is 5.91 Å². The lowest BCUT2D eigenvalue weighted by atomic mass is 10.2. The standard InChI is InChI=1S/C17H18N2O4/c1-2-22-15-8-3-4-9-16(15)23-12-17(21)19-18-11-13-6-5-7-14(20)10-13/h3-11,20H,2,12H2,1H3,(H,19,21)/b18-11+. The molecule has 0 bridgehead atoms. The maximum Gasteiger partial charge on any atom is 0.277 e. The van der Waals surface area contributed by atoms with Crippen molar-refractivity contribution in [2.75, 3.05) is 13.2 Å². The van der Waals surface area contributed by atoms with Gasteiger partial charge in [0.1, 0.15) is 5.75 Å². The van der Waals surface area contributed by atoms with Gasteiger partial charge in [0, 0.05) is 0 Å². The summed E-state index contributed by atoms with van der Waals surface area (Å²) in [7, 11) is 0. The largest absolute Gasteiger partial charge is 0.508 e. The van der Waals surface area contributed by atoms with E-state index in [1.165, 1.54) is 12.3 Å².